The molecule has 2 nitrogen and oxygen atoms in total. The van der Waals surface area contributed by atoms with Crippen LogP contribution >= 0.6 is 23.2 Å². The maximum Gasteiger partial charge on any atom is 0.253 e. The summed E-state index contributed by atoms with van der Waals surface area (Å²) in [4.78, 5) is 0. The Bertz CT molecular complexity index is 555. The van der Waals surface area contributed by atoms with Crippen LogP contribution in [-0.4, -0.2) is 4.57 Å². The maximum atomic E-state index is 6.29. The number of halogens is 2. The minimum atomic E-state index is 0.124. The Labute approximate surface area is 124 Å². The zero-order valence-corrected chi connectivity index (χ0v) is 13.0. The summed E-state index contributed by atoms with van der Waals surface area (Å²) in [6.45, 7) is 7.45. The van der Waals surface area contributed by atoms with Crippen LogP contribution < -0.4 is 4.57 Å². The summed E-state index contributed by atoms with van der Waals surface area (Å²) < 4.78 is 4.46. The Balaban J connectivity index is 2.42. The molecule has 0 aliphatic carbocycles. The molecule has 19 heavy (non-hydrogen) atoms. The van der Waals surface area contributed by atoms with Gasteiger partial charge in [-0.1, -0.05) is 36.2 Å². The largest absolute Gasteiger partial charge is 0.253 e. The highest BCUT2D eigenvalue weighted by Gasteiger charge is 2.22. The molecule has 1 aromatic heterocycles. The van der Waals surface area contributed by atoms with Gasteiger partial charge in [0.15, 0.2) is 0 Å². The molecular formula is C15H19Cl2N2+. The molecule has 102 valence electrons. The number of aromatic nitrogens is 2. The highest BCUT2D eigenvalue weighted by molar-refractivity contribution is 6.36. The van der Waals surface area contributed by atoms with Gasteiger partial charge in [0, 0.05) is 22.5 Å². The predicted molar refractivity (Wildman–Crippen MR) is 79.9 cm³/mol. The van der Waals surface area contributed by atoms with Crippen LogP contribution in [0.25, 0.3) is 0 Å². The van der Waals surface area contributed by atoms with Gasteiger partial charge in [0.1, 0.15) is 18.4 Å². The molecule has 0 saturated heterocycles. The van der Waals surface area contributed by atoms with Gasteiger partial charge in [-0.15, -0.1) is 0 Å². The van der Waals surface area contributed by atoms with E-state index in [1.165, 1.54) is 5.82 Å². The van der Waals surface area contributed by atoms with Gasteiger partial charge < -0.3 is 0 Å². The fourth-order valence-electron chi connectivity index (χ4n) is 2.45. The molecule has 2 rings (SSSR count). The van der Waals surface area contributed by atoms with Crippen LogP contribution in [0.15, 0.2) is 30.6 Å². The molecule has 0 bridgehead atoms. The quantitative estimate of drug-likeness (QED) is 0.739. The summed E-state index contributed by atoms with van der Waals surface area (Å²) in [5.74, 6) is 1.21. The van der Waals surface area contributed by atoms with Crippen LogP contribution in [0.5, 0.6) is 0 Å². The van der Waals surface area contributed by atoms with Crippen molar-refractivity contribution in [2.24, 2.45) is 0 Å². The van der Waals surface area contributed by atoms with Crippen molar-refractivity contribution < 1.29 is 4.57 Å². The van der Waals surface area contributed by atoms with E-state index < -0.39 is 0 Å². The normalized spacial score (nSPS) is 12.7. The molecular weight excluding hydrogens is 279 g/mol. The predicted octanol–water partition coefficient (Wildman–Crippen LogP) is 4.41. The number of imidazole rings is 1. The standard InChI is InChI=1S/C15H19Cl2N2/c1-4-8-18-9-10-19(12(18)3)11(2)15-13(16)6-5-7-14(15)17/h5-7,9-11H,4,8H2,1-3H3/q+1/t11-/m1/s1. The molecule has 0 spiro atoms. The van der Waals surface area contributed by atoms with E-state index in [4.69, 9.17) is 23.2 Å². The fraction of sp³-hybridized carbons (Fsp3) is 0.400. The van der Waals surface area contributed by atoms with E-state index in [1.807, 2.05) is 18.2 Å². The first kappa shape index (κ1) is 14.4. The van der Waals surface area contributed by atoms with Gasteiger partial charge in [-0.2, -0.15) is 0 Å². The van der Waals surface area contributed by atoms with Gasteiger partial charge in [0.05, 0.1) is 6.54 Å². The fourth-order valence-corrected chi connectivity index (χ4v) is 3.17. The van der Waals surface area contributed by atoms with E-state index in [9.17, 15) is 0 Å². The highest BCUT2D eigenvalue weighted by Crippen LogP contribution is 2.32. The van der Waals surface area contributed by atoms with E-state index in [1.54, 1.807) is 0 Å². The maximum absolute atomic E-state index is 6.29. The summed E-state index contributed by atoms with van der Waals surface area (Å²) in [6.07, 6.45) is 5.33. The Morgan fingerprint density at radius 2 is 1.89 bits per heavy atom. The third kappa shape index (κ3) is 2.80. The van der Waals surface area contributed by atoms with Crippen LogP contribution in [0.3, 0.4) is 0 Å². The smallest absolute Gasteiger partial charge is 0.234 e. The lowest BCUT2D eigenvalue weighted by atomic mass is 10.1. The Hall–Kier alpha value is -0.990. The highest BCUT2D eigenvalue weighted by atomic mass is 35.5. The minimum Gasteiger partial charge on any atom is -0.234 e. The van der Waals surface area contributed by atoms with Gasteiger partial charge >= 0.3 is 0 Å². The second-order valence-electron chi connectivity index (χ2n) is 4.76. The van der Waals surface area contributed by atoms with Crippen molar-refractivity contribution in [2.45, 2.75) is 39.8 Å². The van der Waals surface area contributed by atoms with Gasteiger partial charge in [-0.25, -0.2) is 9.13 Å². The number of nitrogens with zero attached hydrogens (tertiary/aromatic N) is 2. The van der Waals surface area contributed by atoms with Gasteiger partial charge in [-0.3, -0.25) is 0 Å². The van der Waals surface area contributed by atoms with Crippen molar-refractivity contribution in [2.75, 3.05) is 0 Å². The zero-order valence-electron chi connectivity index (χ0n) is 11.5. The van der Waals surface area contributed by atoms with Crippen molar-refractivity contribution in [1.29, 1.82) is 0 Å². The Morgan fingerprint density at radius 1 is 1.26 bits per heavy atom. The molecule has 1 atom stereocenters. The number of rotatable bonds is 4. The van der Waals surface area contributed by atoms with Gasteiger partial charge in [0.2, 0.25) is 0 Å². The van der Waals surface area contributed by atoms with E-state index in [0.29, 0.717) is 0 Å². The molecule has 0 radical (unpaired) electrons. The van der Waals surface area contributed by atoms with Crippen LogP contribution in [-0.2, 0) is 6.54 Å². The average Bonchev–Trinajstić information content (AvgIpc) is 2.71. The Morgan fingerprint density at radius 3 is 2.47 bits per heavy atom. The molecule has 0 aliphatic heterocycles. The van der Waals surface area contributed by atoms with E-state index in [0.717, 1.165) is 28.6 Å². The summed E-state index contributed by atoms with van der Waals surface area (Å²) in [7, 11) is 0. The summed E-state index contributed by atoms with van der Waals surface area (Å²) in [6, 6.07) is 5.77. The van der Waals surface area contributed by atoms with Crippen molar-refractivity contribution in [1.82, 2.24) is 4.57 Å². The average molecular weight is 298 g/mol. The number of hydrogen-bond acceptors (Lipinski definition) is 0. The molecule has 0 N–H and O–H groups in total. The first-order valence-corrected chi connectivity index (χ1v) is 7.32. The zero-order chi connectivity index (χ0) is 14.0. The second-order valence-corrected chi connectivity index (χ2v) is 5.57. The molecule has 4 heteroatoms. The number of benzene rings is 1. The summed E-state index contributed by atoms with van der Waals surface area (Å²) >= 11 is 12.6. The lowest BCUT2D eigenvalue weighted by molar-refractivity contribution is -0.702. The molecule has 1 aromatic carbocycles. The summed E-state index contributed by atoms with van der Waals surface area (Å²) in [5, 5.41) is 1.44. The molecule has 0 unspecified atom stereocenters. The third-order valence-electron chi connectivity index (χ3n) is 3.50. The second kappa shape index (κ2) is 5.98. The SMILES string of the molecule is CCC[n+]1ccn([C@H](C)c2c(Cl)cccc2Cl)c1C. The van der Waals surface area contributed by atoms with Crippen LogP contribution in [0.2, 0.25) is 10.0 Å². The van der Waals surface area contributed by atoms with E-state index >= 15 is 0 Å². The molecule has 0 fully saturated rings. The Kier molecular flexibility index (Phi) is 4.54. The minimum absolute atomic E-state index is 0.124. The van der Waals surface area contributed by atoms with E-state index in [-0.39, 0.29) is 6.04 Å². The third-order valence-corrected chi connectivity index (χ3v) is 4.15. The molecule has 0 saturated carbocycles. The van der Waals surface area contributed by atoms with Crippen LogP contribution in [0.1, 0.15) is 37.7 Å². The molecule has 0 amide bonds. The lowest BCUT2D eigenvalue weighted by Crippen LogP contribution is -2.35. The molecule has 1 heterocycles. The van der Waals surface area contributed by atoms with Crippen molar-refractivity contribution in [3.05, 3.63) is 52.0 Å². The monoisotopic (exact) mass is 297 g/mol. The molecule has 0 aliphatic rings. The first-order valence-electron chi connectivity index (χ1n) is 6.57. The van der Waals surface area contributed by atoms with Crippen molar-refractivity contribution >= 4 is 23.2 Å². The van der Waals surface area contributed by atoms with Crippen LogP contribution in [0.4, 0.5) is 0 Å². The molecule has 2 aromatic rings. The van der Waals surface area contributed by atoms with Crippen molar-refractivity contribution in [3.8, 4) is 0 Å². The summed E-state index contributed by atoms with van der Waals surface area (Å²) in [5.41, 5.74) is 0.980. The van der Waals surface area contributed by atoms with E-state index in [2.05, 4.69) is 42.3 Å². The van der Waals surface area contributed by atoms with Gasteiger partial charge in [0.25, 0.3) is 5.82 Å². The van der Waals surface area contributed by atoms with Crippen molar-refractivity contribution in [3.63, 3.8) is 0 Å². The lowest BCUT2D eigenvalue weighted by Gasteiger charge is -2.13. The van der Waals surface area contributed by atoms with Gasteiger partial charge in [-0.05, 0) is 25.5 Å². The topological polar surface area (TPSA) is 8.81 Å². The first-order chi connectivity index (χ1) is 9.06. The number of aryl methyl sites for hydroxylation is 1. The van der Waals surface area contributed by atoms with Crippen LogP contribution in [0, 0.1) is 6.92 Å². The number of hydrogen-bond donors (Lipinski definition) is 0.